The maximum Gasteiger partial charge on any atom is 0.144 e. The van der Waals surface area contributed by atoms with Gasteiger partial charge >= 0.3 is 0 Å². The van der Waals surface area contributed by atoms with Crippen molar-refractivity contribution >= 4 is 15.9 Å². The minimum absolute atomic E-state index is 0.0741. The van der Waals surface area contributed by atoms with Gasteiger partial charge in [0, 0.05) is 12.1 Å². The van der Waals surface area contributed by atoms with E-state index in [2.05, 4.69) is 15.9 Å². The van der Waals surface area contributed by atoms with E-state index in [0.717, 1.165) is 0 Å². The van der Waals surface area contributed by atoms with Crippen molar-refractivity contribution in [3.05, 3.63) is 33.8 Å². The molecule has 0 atom stereocenters. The van der Waals surface area contributed by atoms with Crippen molar-refractivity contribution in [3.8, 4) is 0 Å². The largest absolute Gasteiger partial charge is 0.326 e. The number of hydrogen-bond donors (Lipinski definition) is 1. The summed E-state index contributed by atoms with van der Waals surface area (Å²) >= 11 is 2.77. The van der Waals surface area contributed by atoms with Gasteiger partial charge < -0.3 is 5.73 Å². The van der Waals surface area contributed by atoms with E-state index in [0.29, 0.717) is 5.56 Å². The zero-order valence-electron chi connectivity index (χ0n) is 5.57. The Labute approximate surface area is 71.3 Å². The van der Waals surface area contributed by atoms with Crippen molar-refractivity contribution in [1.82, 2.24) is 0 Å². The van der Waals surface area contributed by atoms with E-state index < -0.39 is 11.6 Å². The van der Waals surface area contributed by atoms with E-state index in [1.807, 2.05) is 0 Å². The van der Waals surface area contributed by atoms with Gasteiger partial charge in [-0.05, 0) is 22.0 Å². The van der Waals surface area contributed by atoms with Crippen molar-refractivity contribution in [3.63, 3.8) is 0 Å². The number of nitrogens with two attached hydrogens (primary N) is 1. The molecule has 4 heteroatoms. The molecule has 0 bridgehead atoms. The van der Waals surface area contributed by atoms with Crippen LogP contribution in [0.1, 0.15) is 5.56 Å². The third-order valence-electron chi connectivity index (χ3n) is 1.34. The molecule has 0 heterocycles. The van der Waals surface area contributed by atoms with Crippen LogP contribution in [0.4, 0.5) is 8.78 Å². The highest BCUT2D eigenvalue weighted by atomic mass is 79.9. The van der Waals surface area contributed by atoms with Crippen molar-refractivity contribution in [2.75, 3.05) is 0 Å². The van der Waals surface area contributed by atoms with Crippen molar-refractivity contribution in [2.24, 2.45) is 5.73 Å². The highest BCUT2D eigenvalue weighted by Crippen LogP contribution is 2.21. The number of halogens is 3. The van der Waals surface area contributed by atoms with Crippen LogP contribution < -0.4 is 5.73 Å². The summed E-state index contributed by atoms with van der Waals surface area (Å²) in [6, 6.07) is 2.50. The van der Waals surface area contributed by atoms with Crippen LogP contribution in [-0.2, 0) is 6.54 Å². The first-order chi connectivity index (χ1) is 5.16. The van der Waals surface area contributed by atoms with Crippen LogP contribution in [0.25, 0.3) is 0 Å². The Morgan fingerprint density at radius 1 is 1.36 bits per heavy atom. The quantitative estimate of drug-likeness (QED) is 0.724. The van der Waals surface area contributed by atoms with E-state index in [1.54, 1.807) is 0 Å². The molecule has 0 radical (unpaired) electrons. The zero-order valence-corrected chi connectivity index (χ0v) is 7.16. The first-order valence-electron chi connectivity index (χ1n) is 2.99. The average molecular weight is 222 g/mol. The maximum absolute atomic E-state index is 12.9. The van der Waals surface area contributed by atoms with Gasteiger partial charge in [-0.1, -0.05) is 6.07 Å². The van der Waals surface area contributed by atoms with E-state index in [9.17, 15) is 8.78 Å². The smallest absolute Gasteiger partial charge is 0.144 e. The van der Waals surface area contributed by atoms with Crippen molar-refractivity contribution in [1.29, 1.82) is 0 Å². The molecular formula is C7H6BrF2N. The van der Waals surface area contributed by atoms with Gasteiger partial charge in [-0.2, -0.15) is 0 Å². The van der Waals surface area contributed by atoms with E-state index in [4.69, 9.17) is 5.73 Å². The Morgan fingerprint density at radius 3 is 2.55 bits per heavy atom. The van der Waals surface area contributed by atoms with Gasteiger partial charge in [0.2, 0.25) is 0 Å². The average Bonchev–Trinajstić information content (AvgIpc) is 2.01. The van der Waals surface area contributed by atoms with E-state index in [-0.39, 0.29) is 11.0 Å². The standard InChI is InChI=1S/C7H6BrF2N/c8-6-5(9)2-1-4(3-11)7(6)10/h1-2H,3,11H2. The molecule has 1 rings (SSSR count). The molecule has 0 amide bonds. The molecule has 0 aliphatic heterocycles. The molecule has 1 aromatic carbocycles. The molecule has 2 N–H and O–H groups in total. The highest BCUT2D eigenvalue weighted by molar-refractivity contribution is 9.10. The second-order valence-corrected chi connectivity index (χ2v) is 2.83. The molecule has 1 nitrogen and oxygen atoms in total. The Bertz CT molecular complexity index is 275. The van der Waals surface area contributed by atoms with Crippen LogP contribution in [0.5, 0.6) is 0 Å². The molecule has 0 fully saturated rings. The Kier molecular flexibility index (Phi) is 2.57. The van der Waals surface area contributed by atoms with Crippen LogP contribution in [0.3, 0.4) is 0 Å². The predicted octanol–water partition coefficient (Wildman–Crippen LogP) is 2.19. The van der Waals surface area contributed by atoms with Gasteiger partial charge in [0.15, 0.2) is 0 Å². The fraction of sp³-hybridized carbons (Fsp3) is 0.143. The Hall–Kier alpha value is -0.480. The summed E-state index contributed by atoms with van der Waals surface area (Å²) in [4.78, 5) is 0. The molecule has 0 spiro atoms. The third-order valence-corrected chi connectivity index (χ3v) is 2.06. The first-order valence-corrected chi connectivity index (χ1v) is 3.78. The maximum atomic E-state index is 12.9. The number of benzene rings is 1. The lowest BCUT2D eigenvalue weighted by atomic mass is 10.2. The van der Waals surface area contributed by atoms with Crippen molar-refractivity contribution in [2.45, 2.75) is 6.54 Å². The minimum atomic E-state index is -0.618. The molecule has 11 heavy (non-hydrogen) atoms. The molecule has 0 aliphatic carbocycles. The number of rotatable bonds is 1. The van der Waals surface area contributed by atoms with Crippen molar-refractivity contribution < 1.29 is 8.78 Å². The number of hydrogen-bond acceptors (Lipinski definition) is 1. The second kappa shape index (κ2) is 3.28. The van der Waals surface area contributed by atoms with Crippen LogP contribution in [0, 0.1) is 11.6 Å². The summed E-state index contributed by atoms with van der Waals surface area (Å²) < 4.78 is 25.3. The monoisotopic (exact) mass is 221 g/mol. The van der Waals surface area contributed by atoms with Gasteiger partial charge in [-0.3, -0.25) is 0 Å². The van der Waals surface area contributed by atoms with Crippen LogP contribution >= 0.6 is 15.9 Å². The lowest BCUT2D eigenvalue weighted by Gasteiger charge is -2.01. The van der Waals surface area contributed by atoms with Gasteiger partial charge in [0.1, 0.15) is 11.6 Å². The lowest BCUT2D eigenvalue weighted by molar-refractivity contribution is 0.561. The van der Waals surface area contributed by atoms with E-state index >= 15 is 0 Å². The fourth-order valence-corrected chi connectivity index (χ4v) is 1.11. The first kappa shape index (κ1) is 8.62. The summed E-state index contributed by atoms with van der Waals surface area (Å²) in [7, 11) is 0. The Balaban J connectivity index is 3.25. The second-order valence-electron chi connectivity index (χ2n) is 2.04. The molecule has 0 saturated carbocycles. The van der Waals surface area contributed by atoms with Gasteiger partial charge in [-0.15, -0.1) is 0 Å². The molecule has 60 valence electrons. The summed E-state index contributed by atoms with van der Waals surface area (Å²) in [6.07, 6.45) is 0. The normalized spacial score (nSPS) is 10.2. The zero-order chi connectivity index (χ0) is 8.43. The molecular weight excluding hydrogens is 216 g/mol. The third kappa shape index (κ3) is 1.57. The summed E-state index contributed by atoms with van der Waals surface area (Å²) in [5.41, 5.74) is 5.49. The van der Waals surface area contributed by atoms with Crippen LogP contribution in [0.2, 0.25) is 0 Å². The minimum Gasteiger partial charge on any atom is -0.326 e. The van der Waals surface area contributed by atoms with Gasteiger partial charge in [0.05, 0.1) is 4.47 Å². The topological polar surface area (TPSA) is 26.0 Å². The molecule has 0 saturated heterocycles. The summed E-state index contributed by atoms with van der Waals surface area (Å²) in [6.45, 7) is 0.0741. The molecule has 0 aliphatic rings. The van der Waals surface area contributed by atoms with E-state index in [1.165, 1.54) is 12.1 Å². The molecule has 1 aromatic rings. The molecule has 0 aromatic heterocycles. The van der Waals surface area contributed by atoms with Gasteiger partial charge in [-0.25, -0.2) is 8.78 Å². The SMILES string of the molecule is NCc1ccc(F)c(Br)c1F. The van der Waals surface area contributed by atoms with Gasteiger partial charge in [0.25, 0.3) is 0 Å². The predicted molar refractivity (Wildman–Crippen MR) is 41.9 cm³/mol. The van der Waals surface area contributed by atoms with Crippen LogP contribution in [0.15, 0.2) is 16.6 Å². The fourth-order valence-electron chi connectivity index (χ4n) is 0.724. The summed E-state index contributed by atoms with van der Waals surface area (Å²) in [5.74, 6) is -1.23. The highest BCUT2D eigenvalue weighted by Gasteiger charge is 2.08. The Morgan fingerprint density at radius 2 is 2.00 bits per heavy atom. The molecule has 0 unspecified atom stereocenters. The lowest BCUT2D eigenvalue weighted by Crippen LogP contribution is -2.01. The van der Waals surface area contributed by atoms with Crippen LogP contribution in [-0.4, -0.2) is 0 Å². The summed E-state index contributed by atoms with van der Waals surface area (Å²) in [5, 5.41) is 0.